The summed E-state index contributed by atoms with van der Waals surface area (Å²) in [6.07, 6.45) is 5.50. The van der Waals surface area contributed by atoms with E-state index in [4.69, 9.17) is 4.74 Å². The maximum absolute atomic E-state index is 5.43. The molecule has 0 aliphatic carbocycles. The fourth-order valence-corrected chi connectivity index (χ4v) is 1.40. The molecule has 2 rings (SSSR count). The van der Waals surface area contributed by atoms with Crippen molar-refractivity contribution in [1.82, 2.24) is 14.4 Å². The monoisotopic (exact) mass is 206 g/mol. The van der Waals surface area contributed by atoms with Gasteiger partial charge in [-0.05, 0) is 13.8 Å². The third kappa shape index (κ3) is 1.86. The van der Waals surface area contributed by atoms with Crippen LogP contribution in [0.25, 0.3) is 5.65 Å². The lowest BCUT2D eigenvalue weighted by Crippen LogP contribution is -2.04. The quantitative estimate of drug-likeness (QED) is 0.824. The molecule has 0 spiro atoms. The SMILES string of the molecule is CCNc1cn2ccnc2c(OCC)n1. The summed E-state index contributed by atoms with van der Waals surface area (Å²) in [6, 6.07) is 0. The number of nitrogens with zero attached hydrogens (tertiary/aromatic N) is 3. The van der Waals surface area contributed by atoms with Crippen molar-refractivity contribution in [3.05, 3.63) is 18.6 Å². The summed E-state index contributed by atoms with van der Waals surface area (Å²) >= 11 is 0. The Labute approximate surface area is 88.1 Å². The van der Waals surface area contributed by atoms with Gasteiger partial charge in [0.2, 0.25) is 5.65 Å². The lowest BCUT2D eigenvalue weighted by Gasteiger charge is -2.07. The van der Waals surface area contributed by atoms with Gasteiger partial charge in [-0.1, -0.05) is 0 Å². The highest BCUT2D eigenvalue weighted by atomic mass is 16.5. The number of imidazole rings is 1. The number of anilines is 1. The van der Waals surface area contributed by atoms with Crippen molar-refractivity contribution in [3.63, 3.8) is 0 Å². The molecule has 5 nitrogen and oxygen atoms in total. The summed E-state index contributed by atoms with van der Waals surface area (Å²) in [4.78, 5) is 8.52. The zero-order chi connectivity index (χ0) is 10.7. The molecule has 2 aromatic heterocycles. The molecular weight excluding hydrogens is 192 g/mol. The second kappa shape index (κ2) is 4.16. The standard InChI is InChI=1S/C10H14N4O/c1-3-11-8-7-14-6-5-12-9(14)10(13-8)15-4-2/h5-7,11H,3-4H2,1-2H3. The number of rotatable bonds is 4. The summed E-state index contributed by atoms with van der Waals surface area (Å²) in [6.45, 7) is 5.38. The van der Waals surface area contributed by atoms with Gasteiger partial charge in [0.1, 0.15) is 5.82 Å². The van der Waals surface area contributed by atoms with Crippen molar-refractivity contribution < 1.29 is 4.74 Å². The Bertz CT molecular complexity index is 452. The molecule has 5 heteroatoms. The van der Waals surface area contributed by atoms with Crippen molar-refractivity contribution in [1.29, 1.82) is 0 Å². The van der Waals surface area contributed by atoms with E-state index in [1.54, 1.807) is 6.20 Å². The molecule has 0 bridgehead atoms. The number of fused-ring (bicyclic) bond motifs is 1. The van der Waals surface area contributed by atoms with Gasteiger partial charge in [0, 0.05) is 18.9 Å². The highest BCUT2D eigenvalue weighted by Crippen LogP contribution is 2.18. The lowest BCUT2D eigenvalue weighted by molar-refractivity contribution is 0.329. The Morgan fingerprint density at radius 2 is 2.33 bits per heavy atom. The van der Waals surface area contributed by atoms with Crippen molar-refractivity contribution in [2.24, 2.45) is 0 Å². The van der Waals surface area contributed by atoms with Gasteiger partial charge in [0.15, 0.2) is 0 Å². The summed E-state index contributed by atoms with van der Waals surface area (Å²) < 4.78 is 7.33. The molecule has 0 saturated carbocycles. The lowest BCUT2D eigenvalue weighted by atomic mass is 10.5. The molecule has 1 N–H and O–H groups in total. The van der Waals surface area contributed by atoms with Crippen LogP contribution in [0.3, 0.4) is 0 Å². The first kappa shape index (κ1) is 9.76. The number of nitrogens with one attached hydrogen (secondary N) is 1. The predicted molar refractivity (Wildman–Crippen MR) is 58.3 cm³/mol. The van der Waals surface area contributed by atoms with Crippen molar-refractivity contribution in [2.75, 3.05) is 18.5 Å². The van der Waals surface area contributed by atoms with Crippen molar-refractivity contribution >= 4 is 11.5 Å². The minimum Gasteiger partial charge on any atom is -0.475 e. The fourth-order valence-electron chi connectivity index (χ4n) is 1.40. The van der Waals surface area contributed by atoms with E-state index in [1.165, 1.54) is 0 Å². The molecule has 0 aromatic carbocycles. The van der Waals surface area contributed by atoms with Gasteiger partial charge in [0.25, 0.3) is 5.88 Å². The van der Waals surface area contributed by atoms with Crippen LogP contribution >= 0.6 is 0 Å². The van der Waals surface area contributed by atoms with Crippen LogP contribution in [0.15, 0.2) is 18.6 Å². The predicted octanol–water partition coefficient (Wildman–Crippen LogP) is 1.56. The summed E-state index contributed by atoms with van der Waals surface area (Å²) in [7, 11) is 0. The molecule has 2 heterocycles. The molecule has 80 valence electrons. The van der Waals surface area contributed by atoms with Gasteiger partial charge < -0.3 is 10.1 Å². The number of hydrogen-bond acceptors (Lipinski definition) is 4. The normalized spacial score (nSPS) is 10.5. The van der Waals surface area contributed by atoms with Crippen LogP contribution in [-0.4, -0.2) is 27.5 Å². The first-order valence-corrected chi connectivity index (χ1v) is 5.05. The topological polar surface area (TPSA) is 51.5 Å². The summed E-state index contributed by atoms with van der Waals surface area (Å²) in [5.41, 5.74) is 0.749. The minimum atomic E-state index is 0.570. The maximum Gasteiger partial charge on any atom is 0.260 e. The Balaban J connectivity index is 2.48. The molecule has 0 saturated heterocycles. The van der Waals surface area contributed by atoms with Crippen LogP contribution in [-0.2, 0) is 0 Å². The van der Waals surface area contributed by atoms with E-state index in [-0.39, 0.29) is 0 Å². The minimum absolute atomic E-state index is 0.570. The molecule has 2 aromatic rings. The van der Waals surface area contributed by atoms with Crippen LogP contribution in [0.4, 0.5) is 5.82 Å². The summed E-state index contributed by atoms with van der Waals surface area (Å²) in [5.74, 6) is 1.37. The molecule has 0 aliphatic rings. The summed E-state index contributed by atoms with van der Waals surface area (Å²) in [5, 5.41) is 3.15. The van der Waals surface area contributed by atoms with E-state index < -0.39 is 0 Å². The largest absolute Gasteiger partial charge is 0.475 e. The first-order valence-electron chi connectivity index (χ1n) is 5.05. The third-order valence-corrected chi connectivity index (χ3v) is 1.98. The highest BCUT2D eigenvalue weighted by Gasteiger charge is 2.07. The first-order chi connectivity index (χ1) is 7.35. The molecule has 0 atom stereocenters. The maximum atomic E-state index is 5.43. The molecule has 0 fully saturated rings. The van der Waals surface area contributed by atoms with E-state index in [9.17, 15) is 0 Å². The van der Waals surface area contributed by atoms with Gasteiger partial charge in [-0.25, -0.2) is 4.98 Å². The molecule has 0 aliphatic heterocycles. The Hall–Kier alpha value is -1.78. The van der Waals surface area contributed by atoms with E-state index in [0.29, 0.717) is 12.5 Å². The molecule has 15 heavy (non-hydrogen) atoms. The van der Waals surface area contributed by atoms with Crippen molar-refractivity contribution in [2.45, 2.75) is 13.8 Å². The Kier molecular flexibility index (Phi) is 2.71. The van der Waals surface area contributed by atoms with Crippen LogP contribution in [0.2, 0.25) is 0 Å². The second-order valence-corrected chi connectivity index (χ2v) is 3.05. The second-order valence-electron chi connectivity index (χ2n) is 3.05. The van der Waals surface area contributed by atoms with Gasteiger partial charge in [-0.15, -0.1) is 0 Å². The number of ether oxygens (including phenoxy) is 1. The van der Waals surface area contributed by atoms with E-state index >= 15 is 0 Å². The number of aromatic nitrogens is 3. The molecular formula is C10H14N4O. The smallest absolute Gasteiger partial charge is 0.260 e. The van der Waals surface area contributed by atoms with Crippen LogP contribution in [0, 0.1) is 0 Å². The average molecular weight is 206 g/mol. The van der Waals surface area contributed by atoms with E-state index in [1.807, 2.05) is 30.6 Å². The Morgan fingerprint density at radius 1 is 1.47 bits per heavy atom. The fraction of sp³-hybridized carbons (Fsp3) is 0.400. The van der Waals surface area contributed by atoms with Gasteiger partial charge in [-0.2, -0.15) is 4.98 Å². The van der Waals surface area contributed by atoms with Crippen molar-refractivity contribution in [3.8, 4) is 5.88 Å². The zero-order valence-corrected chi connectivity index (χ0v) is 8.90. The number of hydrogen-bond donors (Lipinski definition) is 1. The third-order valence-electron chi connectivity index (χ3n) is 1.98. The van der Waals surface area contributed by atoms with Crippen LogP contribution < -0.4 is 10.1 Å². The molecule has 0 unspecified atom stereocenters. The van der Waals surface area contributed by atoms with E-state index in [2.05, 4.69) is 15.3 Å². The van der Waals surface area contributed by atoms with Gasteiger partial charge >= 0.3 is 0 Å². The molecule has 0 amide bonds. The molecule has 0 radical (unpaired) electrons. The average Bonchev–Trinajstić information content (AvgIpc) is 2.67. The van der Waals surface area contributed by atoms with Crippen LogP contribution in [0.5, 0.6) is 5.88 Å². The van der Waals surface area contributed by atoms with Gasteiger partial charge in [0.05, 0.1) is 12.8 Å². The van der Waals surface area contributed by atoms with Gasteiger partial charge in [-0.3, -0.25) is 4.40 Å². The van der Waals surface area contributed by atoms with E-state index in [0.717, 1.165) is 18.0 Å². The highest BCUT2D eigenvalue weighted by molar-refractivity contribution is 5.53. The zero-order valence-electron chi connectivity index (χ0n) is 8.90. The van der Waals surface area contributed by atoms with Crippen LogP contribution in [0.1, 0.15) is 13.8 Å². The Morgan fingerprint density at radius 3 is 3.07 bits per heavy atom.